The van der Waals surface area contributed by atoms with Crippen molar-refractivity contribution in [3.05, 3.63) is 24.2 Å². The summed E-state index contributed by atoms with van der Waals surface area (Å²) < 4.78 is 11.2. The number of carbonyl (C=O) groups is 1. The van der Waals surface area contributed by atoms with Crippen molar-refractivity contribution in [3.8, 4) is 11.5 Å². The van der Waals surface area contributed by atoms with Gasteiger partial charge >= 0.3 is 0 Å². The molecule has 0 N–H and O–H groups in total. The number of hydrogen-bond acceptors (Lipinski definition) is 7. The van der Waals surface area contributed by atoms with E-state index in [1.54, 1.807) is 13.1 Å². The van der Waals surface area contributed by atoms with Crippen LogP contribution in [-0.4, -0.2) is 64.3 Å². The molecule has 164 valence electrons. The van der Waals surface area contributed by atoms with Crippen molar-refractivity contribution < 1.29 is 14.1 Å². The average molecular weight is 424 g/mol. The second-order valence-electron chi connectivity index (χ2n) is 10.5. The summed E-state index contributed by atoms with van der Waals surface area (Å²) in [6.45, 7) is 9.49. The van der Waals surface area contributed by atoms with Gasteiger partial charge in [0.1, 0.15) is 5.82 Å². The highest BCUT2D eigenvalue weighted by atomic mass is 16.5. The first-order valence-corrected chi connectivity index (χ1v) is 11.3. The molecule has 0 aromatic carbocycles. The summed E-state index contributed by atoms with van der Waals surface area (Å²) in [6, 6.07) is 3.97. The van der Waals surface area contributed by atoms with Crippen LogP contribution in [0.1, 0.15) is 38.9 Å². The molecule has 3 aliphatic heterocycles. The molecule has 3 saturated heterocycles. The molecule has 2 aromatic heterocycles. The fourth-order valence-corrected chi connectivity index (χ4v) is 6.57. The van der Waals surface area contributed by atoms with Crippen LogP contribution in [0.4, 0.5) is 5.82 Å². The molecular weight excluding hydrogens is 394 g/mol. The predicted octanol–water partition coefficient (Wildman–Crippen LogP) is 2.68. The molecule has 0 spiro atoms. The van der Waals surface area contributed by atoms with Gasteiger partial charge in [-0.15, -0.1) is 0 Å². The molecular formula is C23H29N5O3. The summed E-state index contributed by atoms with van der Waals surface area (Å²) in [7, 11) is 0. The number of anilines is 1. The number of pyridine rings is 1. The van der Waals surface area contributed by atoms with Crippen LogP contribution in [0.5, 0.6) is 0 Å². The van der Waals surface area contributed by atoms with Gasteiger partial charge in [-0.25, -0.2) is 4.98 Å². The molecule has 0 radical (unpaired) electrons. The molecule has 4 aliphatic rings. The molecule has 1 amide bonds. The third-order valence-electron chi connectivity index (χ3n) is 7.86. The standard InChI is InChI=1S/C23H29N5O3/c1-14-25-20(31-26-14)15-4-7-19(24-8-15)28-11-18-22(2,3)12-23(18,13-28)21(29)27-9-16-5-6-17(10-27)30-16/h4,7-8,16-18H,5-6,9-13H2,1-3H3/t16-,17+,18-,23+/m1/s1. The van der Waals surface area contributed by atoms with Crippen molar-refractivity contribution >= 4 is 11.7 Å². The zero-order chi connectivity index (χ0) is 21.4. The monoisotopic (exact) mass is 423 g/mol. The molecule has 8 nitrogen and oxygen atoms in total. The predicted molar refractivity (Wildman–Crippen MR) is 113 cm³/mol. The number of nitrogens with zero attached hydrogens (tertiary/aromatic N) is 5. The van der Waals surface area contributed by atoms with Gasteiger partial charge in [-0.05, 0) is 49.7 Å². The Kier molecular flexibility index (Phi) is 4.04. The summed E-state index contributed by atoms with van der Waals surface area (Å²) in [5.41, 5.74) is 0.669. The smallest absolute Gasteiger partial charge is 0.259 e. The highest BCUT2D eigenvalue weighted by molar-refractivity contribution is 5.86. The van der Waals surface area contributed by atoms with Crippen LogP contribution >= 0.6 is 0 Å². The fraction of sp³-hybridized carbons (Fsp3) is 0.652. The van der Waals surface area contributed by atoms with Gasteiger partial charge in [0.2, 0.25) is 5.91 Å². The number of fused-ring (bicyclic) bond motifs is 3. The first-order valence-electron chi connectivity index (χ1n) is 11.3. The Bertz CT molecular complexity index is 1010. The Morgan fingerprint density at radius 2 is 1.94 bits per heavy atom. The van der Waals surface area contributed by atoms with Crippen LogP contribution in [0.15, 0.2) is 22.9 Å². The molecule has 8 heteroatoms. The minimum Gasteiger partial charge on any atom is -0.371 e. The van der Waals surface area contributed by atoms with Crippen LogP contribution in [0.3, 0.4) is 0 Å². The molecule has 5 heterocycles. The van der Waals surface area contributed by atoms with Gasteiger partial charge in [0.15, 0.2) is 5.82 Å². The van der Waals surface area contributed by atoms with E-state index in [0.717, 1.165) is 56.8 Å². The highest BCUT2D eigenvalue weighted by Gasteiger charge is 2.67. The average Bonchev–Trinajstić information content (AvgIpc) is 3.43. The fourth-order valence-electron chi connectivity index (χ4n) is 6.57. The van der Waals surface area contributed by atoms with E-state index in [2.05, 4.69) is 38.8 Å². The Balaban J connectivity index is 1.24. The number of carbonyl (C=O) groups excluding carboxylic acids is 1. The summed E-state index contributed by atoms with van der Waals surface area (Å²) in [5, 5.41) is 3.85. The molecule has 1 saturated carbocycles. The molecule has 2 aromatic rings. The SMILES string of the molecule is Cc1noc(-c2ccc(N3C[C@@H]4C(C)(C)C[C@]4(C(=O)N4C[C@H]5CC[C@@H](C4)O5)C3)nc2)n1. The maximum absolute atomic E-state index is 13.8. The van der Waals surface area contributed by atoms with Crippen molar-refractivity contribution in [3.63, 3.8) is 0 Å². The van der Waals surface area contributed by atoms with E-state index in [0.29, 0.717) is 23.5 Å². The maximum Gasteiger partial charge on any atom is 0.259 e. The summed E-state index contributed by atoms with van der Waals surface area (Å²) in [4.78, 5) is 27.1. The van der Waals surface area contributed by atoms with Crippen molar-refractivity contribution in [1.29, 1.82) is 0 Å². The van der Waals surface area contributed by atoms with Crippen molar-refractivity contribution in [2.45, 2.75) is 52.2 Å². The van der Waals surface area contributed by atoms with Crippen LogP contribution in [-0.2, 0) is 9.53 Å². The molecule has 6 rings (SSSR count). The lowest BCUT2D eigenvalue weighted by atomic mass is 9.47. The Morgan fingerprint density at radius 3 is 2.55 bits per heavy atom. The number of rotatable bonds is 3. The second kappa shape index (κ2) is 6.51. The van der Waals surface area contributed by atoms with Gasteiger partial charge in [0.05, 0.1) is 23.2 Å². The Hall–Kier alpha value is -2.48. The van der Waals surface area contributed by atoms with Crippen LogP contribution in [0.25, 0.3) is 11.5 Å². The maximum atomic E-state index is 13.8. The summed E-state index contributed by atoms with van der Waals surface area (Å²) >= 11 is 0. The molecule has 31 heavy (non-hydrogen) atoms. The largest absolute Gasteiger partial charge is 0.371 e. The van der Waals surface area contributed by atoms with E-state index in [1.165, 1.54) is 0 Å². The number of morpholine rings is 1. The molecule has 1 aliphatic carbocycles. The third kappa shape index (κ3) is 2.91. The van der Waals surface area contributed by atoms with Gasteiger partial charge < -0.3 is 19.1 Å². The molecule has 4 atom stereocenters. The van der Waals surface area contributed by atoms with E-state index in [9.17, 15) is 4.79 Å². The topological polar surface area (TPSA) is 84.6 Å². The zero-order valence-corrected chi connectivity index (χ0v) is 18.4. The lowest BCUT2D eigenvalue weighted by Crippen LogP contribution is -2.63. The molecule has 0 unspecified atom stereocenters. The lowest BCUT2D eigenvalue weighted by Gasteiger charge is -2.56. The lowest BCUT2D eigenvalue weighted by molar-refractivity contribution is -0.171. The van der Waals surface area contributed by atoms with Gasteiger partial charge in [-0.3, -0.25) is 4.79 Å². The van der Waals surface area contributed by atoms with Crippen molar-refractivity contribution in [1.82, 2.24) is 20.0 Å². The quantitative estimate of drug-likeness (QED) is 0.750. The summed E-state index contributed by atoms with van der Waals surface area (Å²) in [5.74, 6) is 2.66. The number of hydrogen-bond donors (Lipinski definition) is 0. The summed E-state index contributed by atoms with van der Waals surface area (Å²) in [6.07, 6.45) is 5.33. The zero-order valence-electron chi connectivity index (χ0n) is 18.4. The Labute approximate surface area is 182 Å². The van der Waals surface area contributed by atoms with E-state index >= 15 is 0 Å². The Morgan fingerprint density at radius 1 is 1.16 bits per heavy atom. The first-order chi connectivity index (χ1) is 14.8. The number of likely N-dealkylation sites (tertiary alicyclic amines) is 1. The number of aryl methyl sites for hydroxylation is 1. The van der Waals surface area contributed by atoms with E-state index in [-0.39, 0.29) is 23.0 Å². The van der Waals surface area contributed by atoms with Crippen LogP contribution in [0.2, 0.25) is 0 Å². The van der Waals surface area contributed by atoms with E-state index in [4.69, 9.17) is 9.26 Å². The third-order valence-corrected chi connectivity index (χ3v) is 7.86. The first kappa shape index (κ1) is 19.2. The number of ether oxygens (including phenoxy) is 1. The van der Waals surface area contributed by atoms with Crippen molar-refractivity contribution in [2.24, 2.45) is 16.7 Å². The van der Waals surface area contributed by atoms with E-state index < -0.39 is 0 Å². The molecule has 4 fully saturated rings. The van der Waals surface area contributed by atoms with Gasteiger partial charge in [0.25, 0.3) is 5.89 Å². The second-order valence-corrected chi connectivity index (χ2v) is 10.5. The van der Waals surface area contributed by atoms with Crippen LogP contribution < -0.4 is 4.90 Å². The van der Waals surface area contributed by atoms with Gasteiger partial charge in [-0.2, -0.15) is 4.98 Å². The number of aromatic nitrogens is 3. The minimum atomic E-state index is -0.301. The van der Waals surface area contributed by atoms with E-state index in [1.807, 2.05) is 12.1 Å². The highest BCUT2D eigenvalue weighted by Crippen LogP contribution is 2.63. The minimum absolute atomic E-state index is 0.164. The van der Waals surface area contributed by atoms with Crippen LogP contribution in [0, 0.1) is 23.7 Å². The van der Waals surface area contributed by atoms with Crippen molar-refractivity contribution in [2.75, 3.05) is 31.1 Å². The number of amides is 1. The normalized spacial score (nSPS) is 33.3. The van der Waals surface area contributed by atoms with Gasteiger partial charge in [0, 0.05) is 32.4 Å². The van der Waals surface area contributed by atoms with Gasteiger partial charge in [-0.1, -0.05) is 19.0 Å². The molecule has 2 bridgehead atoms.